The Labute approximate surface area is 119 Å². The van der Waals surface area contributed by atoms with E-state index in [0.29, 0.717) is 23.5 Å². The van der Waals surface area contributed by atoms with Gasteiger partial charge in [0.25, 0.3) is 0 Å². The zero-order valence-corrected chi connectivity index (χ0v) is 12.5. The molecule has 0 aromatic carbocycles. The summed E-state index contributed by atoms with van der Waals surface area (Å²) in [6, 6.07) is 0.433. The van der Waals surface area contributed by atoms with Gasteiger partial charge in [-0.25, -0.2) is 9.78 Å². The maximum absolute atomic E-state index is 12.5. The summed E-state index contributed by atoms with van der Waals surface area (Å²) in [5.41, 5.74) is 0.501. The van der Waals surface area contributed by atoms with Crippen LogP contribution in [0.5, 0.6) is 5.88 Å². The van der Waals surface area contributed by atoms with Crippen molar-refractivity contribution in [1.29, 1.82) is 0 Å². The van der Waals surface area contributed by atoms with Gasteiger partial charge in [0.1, 0.15) is 12.0 Å². The molecule has 0 saturated heterocycles. The highest BCUT2D eigenvalue weighted by molar-refractivity contribution is 5.91. The molecule has 0 aliphatic heterocycles. The third-order valence-electron chi connectivity index (χ3n) is 3.69. The summed E-state index contributed by atoms with van der Waals surface area (Å²) in [7, 11) is 1.52. The monoisotopic (exact) mass is 278 g/mol. The number of hydrogen-bond acceptors (Lipinski definition) is 4. The van der Waals surface area contributed by atoms with Crippen LogP contribution in [0, 0.1) is 5.92 Å². The summed E-state index contributed by atoms with van der Waals surface area (Å²) in [5, 5.41) is 2.86. The summed E-state index contributed by atoms with van der Waals surface area (Å²) in [4.78, 5) is 22.3. The number of methoxy groups -OCH3 is 1. The Morgan fingerprint density at radius 3 is 2.70 bits per heavy atom. The minimum absolute atomic E-state index is 0.109. The number of ether oxygens (including phenoxy) is 1. The number of nitrogens with zero attached hydrogens (tertiary/aromatic N) is 3. The van der Waals surface area contributed by atoms with Crippen molar-refractivity contribution in [3.05, 3.63) is 12.5 Å². The number of hydrogen-bond donors (Lipinski definition) is 1. The number of carbonyl (C=O) groups is 1. The van der Waals surface area contributed by atoms with E-state index in [1.165, 1.54) is 13.4 Å². The Morgan fingerprint density at radius 2 is 2.15 bits per heavy atom. The van der Waals surface area contributed by atoms with Gasteiger partial charge >= 0.3 is 6.03 Å². The highest BCUT2D eigenvalue weighted by atomic mass is 16.5. The Bertz CT molecular complexity index is 474. The van der Waals surface area contributed by atoms with Crippen molar-refractivity contribution >= 4 is 11.7 Å². The van der Waals surface area contributed by atoms with E-state index in [2.05, 4.69) is 36.1 Å². The van der Waals surface area contributed by atoms with E-state index in [0.717, 1.165) is 12.8 Å². The number of anilines is 1. The molecule has 1 aliphatic carbocycles. The molecular formula is C14H22N4O2. The van der Waals surface area contributed by atoms with Gasteiger partial charge in [0.2, 0.25) is 5.88 Å². The first kappa shape index (κ1) is 14.6. The minimum atomic E-state index is -0.109. The molecule has 2 rings (SSSR count). The number of nitrogens with one attached hydrogen (secondary N) is 1. The van der Waals surface area contributed by atoms with Crippen LogP contribution < -0.4 is 10.1 Å². The Hall–Kier alpha value is -1.85. The van der Waals surface area contributed by atoms with Crippen LogP contribution in [0.15, 0.2) is 12.5 Å². The number of rotatable bonds is 5. The van der Waals surface area contributed by atoms with Crippen LogP contribution in [0.2, 0.25) is 0 Å². The second-order valence-electron chi connectivity index (χ2n) is 5.50. The number of aromatic nitrogens is 2. The van der Waals surface area contributed by atoms with Crippen LogP contribution in [0.25, 0.3) is 0 Å². The smallest absolute Gasteiger partial charge is 0.322 e. The molecule has 1 unspecified atom stereocenters. The van der Waals surface area contributed by atoms with Crippen molar-refractivity contribution in [1.82, 2.24) is 14.9 Å². The van der Waals surface area contributed by atoms with E-state index in [1.807, 2.05) is 4.90 Å². The van der Waals surface area contributed by atoms with E-state index in [-0.39, 0.29) is 12.1 Å². The molecule has 1 N–H and O–H groups in total. The summed E-state index contributed by atoms with van der Waals surface area (Å²) in [5.74, 6) is 0.788. The number of amides is 2. The van der Waals surface area contributed by atoms with Crippen LogP contribution >= 0.6 is 0 Å². The third-order valence-corrected chi connectivity index (χ3v) is 3.69. The Balaban J connectivity index is 2.12. The standard InChI is InChI=1S/C14H22N4O2/c1-9(2)10(3)18(11-5-6-11)14(19)17-12-7-15-8-16-13(12)20-4/h7-11H,5-6H2,1-4H3,(H,17,19). The molecule has 0 radical (unpaired) electrons. The van der Waals surface area contributed by atoms with Gasteiger partial charge < -0.3 is 15.0 Å². The van der Waals surface area contributed by atoms with Gasteiger partial charge in [-0.1, -0.05) is 13.8 Å². The lowest BCUT2D eigenvalue weighted by atomic mass is 10.0. The first-order valence-corrected chi connectivity index (χ1v) is 6.98. The molecule has 1 saturated carbocycles. The highest BCUT2D eigenvalue weighted by Crippen LogP contribution is 2.31. The van der Waals surface area contributed by atoms with Crippen molar-refractivity contribution in [2.45, 2.75) is 45.7 Å². The first-order valence-electron chi connectivity index (χ1n) is 6.98. The Kier molecular flexibility index (Phi) is 4.42. The fourth-order valence-electron chi connectivity index (χ4n) is 2.10. The van der Waals surface area contributed by atoms with Crippen LogP contribution in [0.1, 0.15) is 33.6 Å². The topological polar surface area (TPSA) is 67.4 Å². The Morgan fingerprint density at radius 1 is 1.45 bits per heavy atom. The molecule has 1 aromatic heterocycles. The zero-order chi connectivity index (χ0) is 14.7. The summed E-state index contributed by atoms with van der Waals surface area (Å²) in [6.45, 7) is 6.33. The SMILES string of the molecule is COc1ncncc1NC(=O)N(C1CC1)C(C)C(C)C. The van der Waals surface area contributed by atoms with E-state index in [4.69, 9.17) is 4.74 Å². The molecule has 2 amide bonds. The quantitative estimate of drug-likeness (QED) is 0.898. The number of carbonyl (C=O) groups excluding carboxylic acids is 1. The molecule has 1 fully saturated rings. The lowest BCUT2D eigenvalue weighted by Crippen LogP contribution is -2.45. The lowest BCUT2D eigenvalue weighted by molar-refractivity contribution is 0.169. The van der Waals surface area contributed by atoms with Crippen molar-refractivity contribution < 1.29 is 9.53 Å². The zero-order valence-electron chi connectivity index (χ0n) is 12.5. The summed E-state index contributed by atoms with van der Waals surface area (Å²) < 4.78 is 5.13. The average molecular weight is 278 g/mol. The van der Waals surface area contributed by atoms with Gasteiger partial charge in [0.05, 0.1) is 13.3 Å². The fraction of sp³-hybridized carbons (Fsp3) is 0.643. The third kappa shape index (κ3) is 3.18. The number of urea groups is 1. The summed E-state index contributed by atoms with van der Waals surface area (Å²) in [6.07, 6.45) is 5.10. The molecule has 1 aromatic rings. The van der Waals surface area contributed by atoms with Crippen LogP contribution in [-0.2, 0) is 0 Å². The van der Waals surface area contributed by atoms with E-state index >= 15 is 0 Å². The average Bonchev–Trinajstić information content (AvgIpc) is 3.24. The van der Waals surface area contributed by atoms with Gasteiger partial charge in [0.15, 0.2) is 0 Å². The predicted molar refractivity (Wildman–Crippen MR) is 76.8 cm³/mol. The van der Waals surface area contributed by atoms with Crippen molar-refractivity contribution in [3.63, 3.8) is 0 Å². The van der Waals surface area contributed by atoms with Crippen LogP contribution in [0.3, 0.4) is 0 Å². The van der Waals surface area contributed by atoms with E-state index in [9.17, 15) is 4.79 Å². The molecular weight excluding hydrogens is 256 g/mol. The van der Waals surface area contributed by atoms with Gasteiger partial charge in [-0.2, -0.15) is 4.98 Å². The first-order chi connectivity index (χ1) is 9.54. The van der Waals surface area contributed by atoms with E-state index < -0.39 is 0 Å². The predicted octanol–water partition coefficient (Wildman–Crippen LogP) is 2.53. The molecule has 0 spiro atoms. The molecule has 6 nitrogen and oxygen atoms in total. The van der Waals surface area contributed by atoms with Gasteiger partial charge in [-0.05, 0) is 25.7 Å². The molecule has 1 heterocycles. The van der Waals surface area contributed by atoms with Gasteiger partial charge in [-0.15, -0.1) is 0 Å². The molecule has 0 bridgehead atoms. The molecule has 20 heavy (non-hydrogen) atoms. The molecule has 1 aliphatic rings. The van der Waals surface area contributed by atoms with Gasteiger partial charge in [-0.3, -0.25) is 0 Å². The normalized spacial score (nSPS) is 15.8. The van der Waals surface area contributed by atoms with Crippen LogP contribution in [0.4, 0.5) is 10.5 Å². The lowest BCUT2D eigenvalue weighted by Gasteiger charge is -2.32. The van der Waals surface area contributed by atoms with Crippen molar-refractivity contribution in [2.24, 2.45) is 5.92 Å². The molecule has 1 atom stereocenters. The minimum Gasteiger partial charge on any atom is -0.479 e. The second-order valence-corrected chi connectivity index (χ2v) is 5.50. The van der Waals surface area contributed by atoms with Crippen molar-refractivity contribution in [2.75, 3.05) is 12.4 Å². The maximum Gasteiger partial charge on any atom is 0.322 e. The summed E-state index contributed by atoms with van der Waals surface area (Å²) >= 11 is 0. The highest BCUT2D eigenvalue weighted by Gasteiger charge is 2.37. The van der Waals surface area contributed by atoms with E-state index in [1.54, 1.807) is 6.20 Å². The maximum atomic E-state index is 12.5. The fourth-order valence-corrected chi connectivity index (χ4v) is 2.10. The van der Waals surface area contributed by atoms with Crippen LogP contribution in [-0.4, -0.2) is 40.1 Å². The molecule has 110 valence electrons. The molecule has 6 heteroatoms. The van der Waals surface area contributed by atoms with Crippen molar-refractivity contribution in [3.8, 4) is 5.88 Å². The van der Waals surface area contributed by atoms with Gasteiger partial charge in [0, 0.05) is 12.1 Å². The largest absolute Gasteiger partial charge is 0.479 e. The second kappa shape index (κ2) is 6.07.